The van der Waals surface area contributed by atoms with E-state index >= 15 is 0 Å². The molecule has 0 bridgehead atoms. The highest BCUT2D eigenvalue weighted by molar-refractivity contribution is 9.11. The molecule has 0 aliphatic carbocycles. The number of nitrogens with one attached hydrogen (secondary N) is 1. The normalized spacial score (nSPS) is 15.2. The zero-order valence-corrected chi connectivity index (χ0v) is 20.3. The molecule has 0 aromatic heterocycles. The molecule has 2 amide bonds. The molecule has 1 fully saturated rings. The standard InChI is InChI=1S/C20H10Br2Cl2N2O3S/c1-2-6-29-17-12(21)8-10(9-13(17)22)7-11-18(27)25-20(30)26(19(11)28)15-5-3-4-14(23)16(15)24/h1,3-5,7-9H,6H2,(H,25,27,30)/b11-7+. The fourth-order valence-electron chi connectivity index (χ4n) is 2.62. The van der Waals surface area contributed by atoms with Crippen LogP contribution in [0.4, 0.5) is 5.69 Å². The SMILES string of the molecule is C#CCOc1c(Br)cc(/C=C2\C(=O)NC(=S)N(c3cccc(Cl)c3Cl)C2=O)cc1Br. The first-order valence-electron chi connectivity index (χ1n) is 8.15. The summed E-state index contributed by atoms with van der Waals surface area (Å²) in [5, 5.41) is 2.81. The van der Waals surface area contributed by atoms with Crippen LogP contribution in [0.25, 0.3) is 6.08 Å². The van der Waals surface area contributed by atoms with E-state index in [0.29, 0.717) is 20.3 Å². The molecule has 3 rings (SSSR count). The van der Waals surface area contributed by atoms with E-state index in [2.05, 4.69) is 43.1 Å². The second-order valence-electron chi connectivity index (χ2n) is 5.84. The predicted molar refractivity (Wildman–Crippen MR) is 129 cm³/mol. The summed E-state index contributed by atoms with van der Waals surface area (Å²) >= 11 is 24.3. The average Bonchev–Trinajstić information content (AvgIpc) is 2.67. The molecule has 1 saturated heterocycles. The Morgan fingerprint density at radius 3 is 2.53 bits per heavy atom. The van der Waals surface area contributed by atoms with Gasteiger partial charge in [0.05, 0.1) is 24.7 Å². The third-order valence-corrected chi connectivity index (χ3v) is 6.18. The number of terminal acetylenes is 1. The minimum Gasteiger partial charge on any atom is -0.479 e. The van der Waals surface area contributed by atoms with E-state index in [9.17, 15) is 9.59 Å². The second-order valence-corrected chi connectivity index (χ2v) is 8.72. The van der Waals surface area contributed by atoms with Crippen molar-refractivity contribution in [2.24, 2.45) is 0 Å². The van der Waals surface area contributed by atoms with Crippen LogP contribution in [0.2, 0.25) is 10.0 Å². The van der Waals surface area contributed by atoms with Gasteiger partial charge in [0.15, 0.2) is 5.11 Å². The number of ether oxygens (including phenoxy) is 1. The third-order valence-electron chi connectivity index (χ3n) is 3.91. The van der Waals surface area contributed by atoms with Gasteiger partial charge in [0, 0.05) is 0 Å². The molecule has 0 unspecified atom stereocenters. The van der Waals surface area contributed by atoms with E-state index in [0.717, 1.165) is 4.90 Å². The Balaban J connectivity index is 2.03. The first kappa shape index (κ1) is 22.8. The van der Waals surface area contributed by atoms with Gasteiger partial charge in [-0.25, -0.2) is 0 Å². The van der Waals surface area contributed by atoms with Crippen molar-refractivity contribution < 1.29 is 14.3 Å². The number of carbonyl (C=O) groups is 2. The topological polar surface area (TPSA) is 58.6 Å². The van der Waals surface area contributed by atoms with Gasteiger partial charge >= 0.3 is 0 Å². The maximum absolute atomic E-state index is 13.1. The van der Waals surface area contributed by atoms with Crippen LogP contribution in [0, 0.1) is 12.3 Å². The maximum atomic E-state index is 13.1. The second kappa shape index (κ2) is 9.50. The van der Waals surface area contributed by atoms with E-state index in [-0.39, 0.29) is 33.0 Å². The number of anilines is 1. The van der Waals surface area contributed by atoms with Crippen molar-refractivity contribution in [1.82, 2.24) is 5.32 Å². The molecule has 30 heavy (non-hydrogen) atoms. The van der Waals surface area contributed by atoms with Gasteiger partial charge in [-0.2, -0.15) is 0 Å². The molecule has 0 spiro atoms. The van der Waals surface area contributed by atoms with Crippen LogP contribution < -0.4 is 15.0 Å². The smallest absolute Gasteiger partial charge is 0.270 e. The molecule has 1 N–H and O–H groups in total. The molecular weight excluding hydrogens is 579 g/mol. The molecule has 0 saturated carbocycles. The number of nitrogens with zero attached hydrogens (tertiary/aromatic N) is 1. The third kappa shape index (κ3) is 4.56. The number of hydrogen-bond acceptors (Lipinski definition) is 4. The van der Waals surface area contributed by atoms with Crippen LogP contribution in [-0.4, -0.2) is 23.5 Å². The Bertz CT molecular complexity index is 1140. The summed E-state index contributed by atoms with van der Waals surface area (Å²) in [6.07, 6.45) is 6.66. The van der Waals surface area contributed by atoms with E-state index in [1.54, 1.807) is 30.3 Å². The van der Waals surface area contributed by atoms with Crippen LogP contribution in [0.1, 0.15) is 5.56 Å². The number of halogens is 4. The van der Waals surface area contributed by atoms with Crippen molar-refractivity contribution in [3.05, 3.63) is 60.5 Å². The van der Waals surface area contributed by atoms with Gasteiger partial charge in [-0.05, 0) is 80.0 Å². The van der Waals surface area contributed by atoms with Crippen molar-refractivity contribution in [2.75, 3.05) is 11.5 Å². The Hall–Kier alpha value is -1.89. The zero-order valence-electron chi connectivity index (χ0n) is 14.8. The van der Waals surface area contributed by atoms with Gasteiger partial charge in [0.25, 0.3) is 11.8 Å². The van der Waals surface area contributed by atoms with Crippen molar-refractivity contribution in [1.29, 1.82) is 0 Å². The van der Waals surface area contributed by atoms with Crippen molar-refractivity contribution in [2.45, 2.75) is 0 Å². The van der Waals surface area contributed by atoms with Gasteiger partial charge in [-0.15, -0.1) is 6.42 Å². The first-order valence-corrected chi connectivity index (χ1v) is 10.9. The largest absolute Gasteiger partial charge is 0.479 e. The summed E-state index contributed by atoms with van der Waals surface area (Å²) in [5.41, 5.74) is 0.700. The van der Waals surface area contributed by atoms with Gasteiger partial charge in [0.1, 0.15) is 17.9 Å². The lowest BCUT2D eigenvalue weighted by Crippen LogP contribution is -2.54. The number of thiocarbonyl (C=S) groups is 1. The molecular formula is C20H10Br2Cl2N2O3S. The molecule has 5 nitrogen and oxygen atoms in total. The van der Waals surface area contributed by atoms with Crippen molar-refractivity contribution in [3.63, 3.8) is 0 Å². The highest BCUT2D eigenvalue weighted by Gasteiger charge is 2.35. The fraction of sp³-hybridized carbons (Fsp3) is 0.0500. The van der Waals surface area contributed by atoms with Gasteiger partial charge in [-0.3, -0.25) is 19.8 Å². The highest BCUT2D eigenvalue weighted by atomic mass is 79.9. The first-order chi connectivity index (χ1) is 14.2. The van der Waals surface area contributed by atoms with E-state index in [4.69, 9.17) is 46.6 Å². The number of rotatable bonds is 4. The highest BCUT2D eigenvalue weighted by Crippen LogP contribution is 2.37. The molecule has 10 heteroatoms. The van der Waals surface area contributed by atoms with Gasteiger partial charge < -0.3 is 4.74 Å². The molecule has 1 heterocycles. The van der Waals surface area contributed by atoms with Crippen LogP contribution in [0.5, 0.6) is 5.75 Å². The quantitative estimate of drug-likeness (QED) is 0.226. The molecule has 1 aliphatic heterocycles. The Morgan fingerprint density at radius 1 is 1.23 bits per heavy atom. The summed E-state index contributed by atoms with van der Waals surface area (Å²) < 4.78 is 6.65. The molecule has 2 aromatic carbocycles. The summed E-state index contributed by atoms with van der Waals surface area (Å²) in [7, 11) is 0. The summed E-state index contributed by atoms with van der Waals surface area (Å²) in [6, 6.07) is 8.17. The summed E-state index contributed by atoms with van der Waals surface area (Å²) in [5.74, 6) is 1.63. The Kier molecular flexibility index (Phi) is 7.22. The fourth-order valence-corrected chi connectivity index (χ4v) is 4.73. The molecule has 2 aromatic rings. The van der Waals surface area contributed by atoms with Gasteiger partial charge in [-0.1, -0.05) is 35.2 Å². The number of hydrogen-bond donors (Lipinski definition) is 1. The lowest BCUT2D eigenvalue weighted by molar-refractivity contribution is -0.122. The number of benzene rings is 2. The zero-order chi connectivity index (χ0) is 22.0. The van der Waals surface area contributed by atoms with Crippen LogP contribution in [0.15, 0.2) is 44.9 Å². The van der Waals surface area contributed by atoms with E-state index in [1.807, 2.05) is 0 Å². The summed E-state index contributed by atoms with van der Waals surface area (Å²) in [6.45, 7) is 0.0886. The lowest BCUT2D eigenvalue weighted by atomic mass is 10.1. The minimum atomic E-state index is -0.632. The van der Waals surface area contributed by atoms with Crippen LogP contribution >= 0.6 is 67.3 Å². The van der Waals surface area contributed by atoms with Crippen molar-refractivity contribution in [3.8, 4) is 18.1 Å². The monoisotopic (exact) mass is 586 g/mol. The Morgan fingerprint density at radius 2 is 1.90 bits per heavy atom. The number of amides is 2. The predicted octanol–water partition coefficient (Wildman–Crippen LogP) is 5.36. The molecule has 0 atom stereocenters. The number of carbonyl (C=O) groups excluding carboxylic acids is 2. The average molecular weight is 589 g/mol. The lowest BCUT2D eigenvalue weighted by Gasteiger charge is -2.29. The van der Waals surface area contributed by atoms with Gasteiger partial charge in [0.2, 0.25) is 0 Å². The Labute approximate surface area is 204 Å². The summed E-state index contributed by atoms with van der Waals surface area (Å²) in [4.78, 5) is 26.7. The van der Waals surface area contributed by atoms with Crippen LogP contribution in [0.3, 0.4) is 0 Å². The maximum Gasteiger partial charge on any atom is 0.270 e. The van der Waals surface area contributed by atoms with E-state index in [1.165, 1.54) is 6.08 Å². The van der Waals surface area contributed by atoms with E-state index < -0.39 is 11.8 Å². The molecule has 1 aliphatic rings. The molecule has 152 valence electrons. The van der Waals surface area contributed by atoms with Crippen molar-refractivity contribution >= 4 is 96.0 Å². The molecule has 0 radical (unpaired) electrons. The minimum absolute atomic E-state index is 0.0886. The van der Waals surface area contributed by atoms with Crippen LogP contribution in [-0.2, 0) is 9.59 Å².